The van der Waals surface area contributed by atoms with E-state index in [4.69, 9.17) is 21.6 Å². The highest BCUT2D eigenvalue weighted by Gasteiger charge is 2.22. The van der Waals surface area contributed by atoms with Crippen LogP contribution < -0.4 is 4.90 Å². The van der Waals surface area contributed by atoms with E-state index >= 15 is 0 Å². The number of carbonyl (C=O) groups is 1. The van der Waals surface area contributed by atoms with Gasteiger partial charge < -0.3 is 9.64 Å². The number of benzene rings is 2. The van der Waals surface area contributed by atoms with Crippen LogP contribution in [0.2, 0.25) is 5.02 Å². The summed E-state index contributed by atoms with van der Waals surface area (Å²) in [5, 5.41) is 27.8. The molecule has 0 N–H and O–H groups in total. The topological polar surface area (TPSA) is 121 Å². The van der Waals surface area contributed by atoms with E-state index in [2.05, 4.69) is 16.3 Å². The van der Waals surface area contributed by atoms with E-state index < -0.39 is 16.9 Å². The number of nitriles is 1. The van der Waals surface area contributed by atoms with Crippen LogP contribution in [-0.4, -0.2) is 30.6 Å². The van der Waals surface area contributed by atoms with E-state index in [1.165, 1.54) is 25.3 Å². The Balaban J connectivity index is 2.19. The molecule has 0 aliphatic rings. The first kappa shape index (κ1) is 21.8. The Labute approximate surface area is 172 Å². The van der Waals surface area contributed by atoms with Crippen LogP contribution in [0.3, 0.4) is 0 Å². The molecule has 1 atom stereocenters. The van der Waals surface area contributed by atoms with Gasteiger partial charge in [0, 0.05) is 24.4 Å². The van der Waals surface area contributed by atoms with E-state index in [0.717, 1.165) is 5.69 Å². The van der Waals surface area contributed by atoms with Crippen molar-refractivity contribution in [3.8, 4) is 6.07 Å². The van der Waals surface area contributed by atoms with Gasteiger partial charge in [-0.25, -0.2) is 4.79 Å². The SMILES string of the molecule is COC(=O)[C@H](C)N(CCC#N)c1ccc(N=Nc2ccc([N+](=O)[O-])cc2Cl)cc1. The molecular formula is C19H18ClN5O4. The third-order valence-electron chi connectivity index (χ3n) is 4.07. The van der Waals surface area contributed by atoms with Crippen LogP contribution in [0.25, 0.3) is 0 Å². The summed E-state index contributed by atoms with van der Waals surface area (Å²) in [5.41, 5.74) is 1.42. The minimum absolute atomic E-state index is 0.120. The van der Waals surface area contributed by atoms with Gasteiger partial charge >= 0.3 is 5.97 Å². The second-order valence-corrected chi connectivity index (χ2v) is 6.32. The predicted octanol–water partition coefficient (Wildman–Crippen LogP) is 4.95. The van der Waals surface area contributed by atoms with E-state index in [1.54, 1.807) is 36.1 Å². The van der Waals surface area contributed by atoms with Crippen molar-refractivity contribution in [2.75, 3.05) is 18.6 Å². The molecule has 0 saturated carbocycles. The number of ether oxygens (including phenoxy) is 1. The van der Waals surface area contributed by atoms with Crippen molar-refractivity contribution in [1.29, 1.82) is 5.26 Å². The molecule has 0 unspecified atom stereocenters. The summed E-state index contributed by atoms with van der Waals surface area (Å²) in [5.74, 6) is -0.403. The maximum absolute atomic E-state index is 11.9. The minimum atomic E-state index is -0.556. The van der Waals surface area contributed by atoms with Crippen molar-refractivity contribution in [3.05, 3.63) is 57.6 Å². The zero-order valence-electron chi connectivity index (χ0n) is 15.8. The Hall–Kier alpha value is -3.51. The standard InChI is InChI=1S/C19H18ClN5O4/c1-13(19(26)29-2)24(11-3-10-21)15-6-4-14(5-7-15)22-23-18-9-8-16(25(27)28)12-17(18)20/h4-9,12-13H,3,11H2,1-2H3/t13-/m0/s1. The molecule has 0 aromatic heterocycles. The molecule has 9 nitrogen and oxygen atoms in total. The lowest BCUT2D eigenvalue weighted by Gasteiger charge is -2.28. The molecule has 0 amide bonds. The van der Waals surface area contributed by atoms with Gasteiger partial charge in [0.2, 0.25) is 0 Å². The number of rotatable bonds is 8. The molecule has 29 heavy (non-hydrogen) atoms. The van der Waals surface area contributed by atoms with Crippen LogP contribution >= 0.6 is 11.6 Å². The molecular weight excluding hydrogens is 398 g/mol. The lowest BCUT2D eigenvalue weighted by Crippen LogP contribution is -2.40. The molecule has 150 valence electrons. The van der Waals surface area contributed by atoms with Crippen LogP contribution in [0.15, 0.2) is 52.7 Å². The number of hydrogen-bond acceptors (Lipinski definition) is 8. The number of non-ortho nitro benzene ring substituents is 1. The van der Waals surface area contributed by atoms with Crippen molar-refractivity contribution in [1.82, 2.24) is 0 Å². The first-order valence-electron chi connectivity index (χ1n) is 8.54. The summed E-state index contributed by atoms with van der Waals surface area (Å²) < 4.78 is 4.79. The highest BCUT2D eigenvalue weighted by Crippen LogP contribution is 2.31. The lowest BCUT2D eigenvalue weighted by atomic mass is 10.2. The maximum atomic E-state index is 11.9. The molecule has 2 aromatic rings. The van der Waals surface area contributed by atoms with Crippen molar-refractivity contribution in [2.45, 2.75) is 19.4 Å². The second kappa shape index (κ2) is 10.1. The monoisotopic (exact) mass is 415 g/mol. The Bertz CT molecular complexity index is 956. The van der Waals surface area contributed by atoms with Gasteiger partial charge in [0.05, 0.1) is 35.2 Å². The molecule has 0 aliphatic carbocycles. The van der Waals surface area contributed by atoms with Crippen LogP contribution in [0.5, 0.6) is 0 Å². The first-order valence-corrected chi connectivity index (χ1v) is 8.92. The summed E-state index contributed by atoms with van der Waals surface area (Å²) in [4.78, 5) is 23.9. The van der Waals surface area contributed by atoms with Gasteiger partial charge in [-0.15, -0.1) is 5.11 Å². The average molecular weight is 416 g/mol. The zero-order chi connectivity index (χ0) is 21.4. The van der Waals surface area contributed by atoms with Crippen LogP contribution in [0.1, 0.15) is 13.3 Å². The van der Waals surface area contributed by atoms with Crippen LogP contribution in [-0.2, 0) is 9.53 Å². The van der Waals surface area contributed by atoms with Gasteiger partial charge in [0.1, 0.15) is 11.7 Å². The van der Waals surface area contributed by atoms with Crippen molar-refractivity contribution in [3.63, 3.8) is 0 Å². The van der Waals surface area contributed by atoms with Crippen LogP contribution in [0.4, 0.5) is 22.7 Å². The van der Waals surface area contributed by atoms with Gasteiger partial charge in [-0.1, -0.05) is 11.6 Å². The summed E-state index contributed by atoms with van der Waals surface area (Å²) in [6, 6.07) is 12.3. The number of nitro benzene ring substituents is 1. The van der Waals surface area contributed by atoms with E-state index in [9.17, 15) is 14.9 Å². The molecule has 0 spiro atoms. The quantitative estimate of drug-likeness (QED) is 0.260. The number of azo groups is 1. The Morgan fingerprint density at radius 1 is 1.31 bits per heavy atom. The smallest absolute Gasteiger partial charge is 0.328 e. The number of carbonyl (C=O) groups excluding carboxylic acids is 1. The van der Waals surface area contributed by atoms with Crippen molar-refractivity contribution < 1.29 is 14.5 Å². The molecule has 2 rings (SSSR count). The molecule has 0 radical (unpaired) electrons. The highest BCUT2D eigenvalue weighted by atomic mass is 35.5. The lowest BCUT2D eigenvalue weighted by molar-refractivity contribution is -0.384. The average Bonchev–Trinajstić information content (AvgIpc) is 2.73. The maximum Gasteiger partial charge on any atom is 0.328 e. The van der Waals surface area contributed by atoms with E-state index in [1.807, 2.05) is 0 Å². The molecule has 10 heteroatoms. The number of nitro groups is 1. The van der Waals surface area contributed by atoms with Gasteiger partial charge in [0.25, 0.3) is 5.69 Å². The molecule has 2 aromatic carbocycles. The summed E-state index contributed by atoms with van der Waals surface area (Å²) >= 11 is 6.00. The van der Waals surface area contributed by atoms with Gasteiger partial charge in [0.15, 0.2) is 0 Å². The predicted molar refractivity (Wildman–Crippen MR) is 108 cm³/mol. The fourth-order valence-electron chi connectivity index (χ4n) is 2.53. The molecule has 0 aliphatic heterocycles. The second-order valence-electron chi connectivity index (χ2n) is 5.91. The van der Waals surface area contributed by atoms with Crippen LogP contribution in [0, 0.1) is 21.4 Å². The first-order chi connectivity index (χ1) is 13.9. The minimum Gasteiger partial charge on any atom is -0.467 e. The molecule has 0 heterocycles. The third kappa shape index (κ3) is 5.73. The third-order valence-corrected chi connectivity index (χ3v) is 4.37. The number of esters is 1. The number of hydrogen-bond donors (Lipinski definition) is 0. The van der Waals surface area contributed by atoms with E-state index in [-0.39, 0.29) is 17.1 Å². The van der Waals surface area contributed by atoms with Gasteiger partial charge in [-0.3, -0.25) is 10.1 Å². The Kier molecular flexibility index (Phi) is 7.62. The highest BCUT2D eigenvalue weighted by molar-refractivity contribution is 6.33. The molecule has 0 bridgehead atoms. The fourth-order valence-corrected chi connectivity index (χ4v) is 2.74. The zero-order valence-corrected chi connectivity index (χ0v) is 16.5. The number of methoxy groups -OCH3 is 1. The molecule has 0 saturated heterocycles. The van der Waals surface area contributed by atoms with Gasteiger partial charge in [-0.05, 0) is 37.3 Å². The Morgan fingerprint density at radius 2 is 2.00 bits per heavy atom. The number of nitrogens with zero attached hydrogens (tertiary/aromatic N) is 5. The van der Waals surface area contributed by atoms with Crippen molar-refractivity contribution >= 4 is 40.3 Å². The largest absolute Gasteiger partial charge is 0.467 e. The van der Waals surface area contributed by atoms with Crippen molar-refractivity contribution in [2.24, 2.45) is 10.2 Å². The fraction of sp³-hybridized carbons (Fsp3) is 0.263. The number of halogens is 1. The van der Waals surface area contributed by atoms with E-state index in [0.29, 0.717) is 17.9 Å². The Morgan fingerprint density at radius 3 is 2.55 bits per heavy atom. The molecule has 0 fully saturated rings. The van der Waals surface area contributed by atoms with Gasteiger partial charge in [-0.2, -0.15) is 10.4 Å². The number of anilines is 1. The summed E-state index contributed by atoms with van der Waals surface area (Å²) in [6.45, 7) is 2.07. The summed E-state index contributed by atoms with van der Waals surface area (Å²) in [7, 11) is 1.31. The summed E-state index contributed by atoms with van der Waals surface area (Å²) in [6.07, 6.45) is 0.251. The normalized spacial score (nSPS) is 11.7.